The summed E-state index contributed by atoms with van der Waals surface area (Å²) >= 11 is 1.29. The zero-order chi connectivity index (χ0) is 13.7. The summed E-state index contributed by atoms with van der Waals surface area (Å²) in [6.45, 7) is 3.95. The molecule has 6 heteroatoms. The van der Waals surface area contributed by atoms with Crippen LogP contribution in [0, 0.1) is 0 Å². The lowest BCUT2D eigenvalue weighted by Crippen LogP contribution is -2.05. The lowest BCUT2D eigenvalue weighted by molar-refractivity contribution is 0.242. The molecule has 1 N–H and O–H groups in total. The van der Waals surface area contributed by atoms with Gasteiger partial charge in [-0.1, -0.05) is 16.5 Å². The highest BCUT2D eigenvalue weighted by atomic mass is 32.1. The maximum Gasteiger partial charge on any atom is 0.279 e. The first-order valence-electron chi connectivity index (χ1n) is 5.75. The molecule has 5 nitrogen and oxygen atoms in total. The smallest absolute Gasteiger partial charge is 0.279 e. The normalized spacial score (nSPS) is 11.1. The largest absolute Gasteiger partial charge is 0.491 e. The number of thiazole rings is 1. The first kappa shape index (κ1) is 13.4. The summed E-state index contributed by atoms with van der Waals surface area (Å²) in [6.07, 6.45) is 3.03. The second kappa shape index (κ2) is 6.19. The van der Waals surface area contributed by atoms with Crippen LogP contribution in [0.2, 0.25) is 0 Å². The highest BCUT2D eigenvalue weighted by molar-refractivity contribution is 7.15. The van der Waals surface area contributed by atoms with Crippen molar-refractivity contribution in [2.75, 3.05) is 0 Å². The maximum atomic E-state index is 8.41. The molecule has 0 radical (unpaired) electrons. The molecular formula is C13H14N2O3S. The lowest BCUT2D eigenvalue weighted by atomic mass is 10.3. The molecule has 2 rings (SSSR count). The van der Waals surface area contributed by atoms with Gasteiger partial charge in [0.1, 0.15) is 11.5 Å². The van der Waals surface area contributed by atoms with Crippen LogP contribution in [0.4, 0.5) is 0 Å². The number of benzene rings is 1. The van der Waals surface area contributed by atoms with Crippen LogP contribution in [0.5, 0.6) is 16.7 Å². The van der Waals surface area contributed by atoms with E-state index in [1.807, 2.05) is 38.1 Å². The Morgan fingerprint density at radius 1 is 1.26 bits per heavy atom. The molecule has 1 heterocycles. The van der Waals surface area contributed by atoms with Crippen LogP contribution in [0.3, 0.4) is 0 Å². The maximum absolute atomic E-state index is 8.41. The molecule has 0 aliphatic rings. The van der Waals surface area contributed by atoms with Crippen LogP contribution in [0.1, 0.15) is 18.7 Å². The molecule has 0 atom stereocenters. The molecular weight excluding hydrogens is 264 g/mol. The molecule has 2 aromatic rings. The number of rotatable bonds is 5. The van der Waals surface area contributed by atoms with E-state index >= 15 is 0 Å². The van der Waals surface area contributed by atoms with Gasteiger partial charge in [-0.2, -0.15) is 0 Å². The Hall–Kier alpha value is -2.08. The molecule has 0 saturated carbocycles. The first-order chi connectivity index (χ1) is 9.17. The number of aromatic nitrogens is 1. The van der Waals surface area contributed by atoms with Gasteiger partial charge in [0.25, 0.3) is 5.19 Å². The van der Waals surface area contributed by atoms with Gasteiger partial charge in [-0.05, 0) is 38.1 Å². The second-order valence-electron chi connectivity index (χ2n) is 4.01. The topological polar surface area (TPSA) is 63.9 Å². The van der Waals surface area contributed by atoms with E-state index in [0.717, 1.165) is 10.6 Å². The predicted octanol–water partition coefficient (Wildman–Crippen LogP) is 3.53. The van der Waals surface area contributed by atoms with Crippen molar-refractivity contribution in [3.8, 4) is 16.7 Å². The van der Waals surface area contributed by atoms with E-state index in [9.17, 15) is 0 Å². The van der Waals surface area contributed by atoms with E-state index in [1.165, 1.54) is 17.6 Å². The minimum absolute atomic E-state index is 0.144. The zero-order valence-electron chi connectivity index (χ0n) is 10.6. The number of nitrogens with zero attached hydrogens (tertiary/aromatic N) is 2. The zero-order valence-corrected chi connectivity index (χ0v) is 11.4. The highest BCUT2D eigenvalue weighted by Crippen LogP contribution is 2.27. The van der Waals surface area contributed by atoms with Crippen LogP contribution in [0.25, 0.3) is 0 Å². The van der Waals surface area contributed by atoms with Crippen molar-refractivity contribution in [3.63, 3.8) is 0 Å². The molecule has 1 aromatic heterocycles. The third-order valence-corrected chi connectivity index (χ3v) is 2.90. The third-order valence-electron chi connectivity index (χ3n) is 2.09. The minimum atomic E-state index is 0.144. The third kappa shape index (κ3) is 3.96. The van der Waals surface area contributed by atoms with E-state index in [1.54, 1.807) is 6.20 Å². The van der Waals surface area contributed by atoms with E-state index in [4.69, 9.17) is 14.7 Å². The van der Waals surface area contributed by atoms with E-state index < -0.39 is 0 Å². The van der Waals surface area contributed by atoms with Crippen molar-refractivity contribution in [1.29, 1.82) is 0 Å². The highest BCUT2D eigenvalue weighted by Gasteiger charge is 2.04. The molecule has 0 saturated heterocycles. The van der Waals surface area contributed by atoms with Crippen molar-refractivity contribution < 1.29 is 14.7 Å². The first-order valence-corrected chi connectivity index (χ1v) is 6.57. The number of hydrogen-bond donors (Lipinski definition) is 1. The van der Waals surface area contributed by atoms with Crippen molar-refractivity contribution >= 4 is 17.6 Å². The van der Waals surface area contributed by atoms with Crippen LogP contribution < -0.4 is 9.47 Å². The average molecular weight is 278 g/mol. The van der Waals surface area contributed by atoms with Gasteiger partial charge in [-0.15, -0.1) is 0 Å². The molecule has 0 spiro atoms. The van der Waals surface area contributed by atoms with Gasteiger partial charge in [-0.3, -0.25) is 0 Å². The van der Waals surface area contributed by atoms with Crippen LogP contribution >= 0.6 is 11.3 Å². The fraction of sp³-hybridized carbons (Fsp3) is 0.231. The van der Waals surface area contributed by atoms with Gasteiger partial charge in [0.05, 0.1) is 23.4 Å². The van der Waals surface area contributed by atoms with Crippen molar-refractivity contribution in [2.45, 2.75) is 20.0 Å². The van der Waals surface area contributed by atoms with Crippen LogP contribution in [0.15, 0.2) is 35.6 Å². The minimum Gasteiger partial charge on any atom is -0.491 e. The van der Waals surface area contributed by atoms with Gasteiger partial charge in [0.15, 0.2) is 0 Å². The Morgan fingerprint density at radius 3 is 2.58 bits per heavy atom. The van der Waals surface area contributed by atoms with E-state index in [0.29, 0.717) is 10.9 Å². The number of ether oxygens (including phenoxy) is 2. The van der Waals surface area contributed by atoms with Gasteiger partial charge >= 0.3 is 0 Å². The Kier molecular flexibility index (Phi) is 4.35. The summed E-state index contributed by atoms with van der Waals surface area (Å²) in [7, 11) is 0. The standard InChI is InChI=1S/C13H14N2O3S/c1-9(2)17-10-3-5-11(6-4-10)18-13-14-7-12(19-13)8-15-16/h3-9,16H,1-2H3/b15-8+. The van der Waals surface area contributed by atoms with Gasteiger partial charge < -0.3 is 14.7 Å². The summed E-state index contributed by atoms with van der Waals surface area (Å²) in [6, 6.07) is 7.33. The molecule has 0 aliphatic carbocycles. The molecule has 0 aliphatic heterocycles. The fourth-order valence-electron chi connectivity index (χ4n) is 1.39. The quantitative estimate of drug-likeness (QED) is 0.516. The van der Waals surface area contributed by atoms with Crippen molar-refractivity contribution in [1.82, 2.24) is 4.98 Å². The Balaban J connectivity index is 2.02. The summed E-state index contributed by atoms with van der Waals surface area (Å²) in [5, 5.41) is 11.8. The molecule has 0 bridgehead atoms. The van der Waals surface area contributed by atoms with Gasteiger partial charge in [-0.25, -0.2) is 4.98 Å². The van der Waals surface area contributed by atoms with Crippen LogP contribution in [-0.4, -0.2) is 22.5 Å². The molecule has 0 amide bonds. The molecule has 0 unspecified atom stereocenters. The summed E-state index contributed by atoms with van der Waals surface area (Å²) < 4.78 is 11.1. The SMILES string of the molecule is CC(C)Oc1ccc(Oc2ncc(/C=N/O)s2)cc1. The van der Waals surface area contributed by atoms with Gasteiger partial charge in [0, 0.05) is 0 Å². The van der Waals surface area contributed by atoms with Crippen molar-refractivity contribution in [3.05, 3.63) is 35.3 Å². The molecule has 0 fully saturated rings. The van der Waals surface area contributed by atoms with Crippen LogP contribution in [-0.2, 0) is 0 Å². The Labute approximate surface area is 115 Å². The molecule has 100 valence electrons. The molecule has 1 aromatic carbocycles. The van der Waals surface area contributed by atoms with E-state index in [-0.39, 0.29) is 6.10 Å². The number of hydrogen-bond acceptors (Lipinski definition) is 6. The second-order valence-corrected chi connectivity index (χ2v) is 5.04. The summed E-state index contributed by atoms with van der Waals surface area (Å²) in [5.74, 6) is 1.48. The predicted molar refractivity (Wildman–Crippen MR) is 73.8 cm³/mol. The fourth-order valence-corrected chi connectivity index (χ4v) is 2.04. The summed E-state index contributed by atoms with van der Waals surface area (Å²) in [4.78, 5) is 4.78. The summed E-state index contributed by atoms with van der Waals surface area (Å²) in [5.41, 5.74) is 0. The van der Waals surface area contributed by atoms with Crippen molar-refractivity contribution in [2.24, 2.45) is 5.16 Å². The van der Waals surface area contributed by atoms with E-state index in [2.05, 4.69) is 10.1 Å². The Bertz CT molecular complexity index is 549. The Morgan fingerprint density at radius 2 is 1.95 bits per heavy atom. The lowest BCUT2D eigenvalue weighted by Gasteiger charge is -2.09. The average Bonchev–Trinajstić information content (AvgIpc) is 2.79. The monoisotopic (exact) mass is 278 g/mol. The van der Waals surface area contributed by atoms with Gasteiger partial charge in [0.2, 0.25) is 0 Å². The number of oxime groups is 1. The molecule has 19 heavy (non-hydrogen) atoms.